The quantitative estimate of drug-likeness (QED) is 0.626. The summed E-state index contributed by atoms with van der Waals surface area (Å²) in [5.41, 5.74) is -4.91. The van der Waals surface area contributed by atoms with Crippen molar-refractivity contribution in [2.75, 3.05) is 0 Å². The van der Waals surface area contributed by atoms with Crippen molar-refractivity contribution in [2.45, 2.75) is 57.7 Å². The van der Waals surface area contributed by atoms with Crippen LogP contribution in [0.3, 0.4) is 0 Å². The van der Waals surface area contributed by atoms with Crippen LogP contribution in [0.2, 0.25) is 0 Å². The number of esters is 1. The van der Waals surface area contributed by atoms with E-state index < -0.39 is 42.4 Å². The minimum Gasteiger partial charge on any atom is -0.462 e. The molecule has 0 heterocycles. The molecule has 0 aliphatic carbocycles. The van der Waals surface area contributed by atoms with Gasteiger partial charge in [0.15, 0.2) is 0 Å². The SMILES string of the molecule is CC[C@H](C)C(=O)OC(C)CC(O)(C(F)(F)F)C(F)(F)F. The molecule has 20 heavy (non-hydrogen) atoms. The van der Waals surface area contributed by atoms with Crippen LogP contribution in [0.5, 0.6) is 0 Å². The van der Waals surface area contributed by atoms with E-state index in [0.29, 0.717) is 6.42 Å². The molecule has 2 atom stereocenters. The lowest BCUT2D eigenvalue weighted by Crippen LogP contribution is -2.58. The second-order valence-electron chi connectivity index (χ2n) is 4.62. The van der Waals surface area contributed by atoms with Gasteiger partial charge in [-0.1, -0.05) is 13.8 Å². The van der Waals surface area contributed by atoms with Crippen LogP contribution in [-0.2, 0) is 9.53 Å². The van der Waals surface area contributed by atoms with E-state index >= 15 is 0 Å². The van der Waals surface area contributed by atoms with E-state index in [2.05, 4.69) is 4.74 Å². The number of hydrogen-bond acceptors (Lipinski definition) is 3. The monoisotopic (exact) mass is 310 g/mol. The largest absolute Gasteiger partial charge is 0.462 e. The van der Waals surface area contributed by atoms with Crippen LogP contribution in [0, 0.1) is 5.92 Å². The van der Waals surface area contributed by atoms with Gasteiger partial charge < -0.3 is 9.84 Å². The molecule has 1 N–H and O–H groups in total. The summed E-state index contributed by atoms with van der Waals surface area (Å²) in [5.74, 6) is -1.56. The number of carbonyl (C=O) groups is 1. The fourth-order valence-electron chi connectivity index (χ4n) is 1.33. The fraction of sp³-hybridized carbons (Fsp3) is 0.909. The number of ether oxygens (including phenoxy) is 1. The van der Waals surface area contributed by atoms with Crippen LogP contribution < -0.4 is 0 Å². The van der Waals surface area contributed by atoms with Gasteiger partial charge in [-0.3, -0.25) is 4.79 Å². The van der Waals surface area contributed by atoms with Gasteiger partial charge in [0.05, 0.1) is 5.92 Å². The topological polar surface area (TPSA) is 46.5 Å². The van der Waals surface area contributed by atoms with Crippen LogP contribution >= 0.6 is 0 Å². The summed E-state index contributed by atoms with van der Waals surface area (Å²) in [7, 11) is 0. The Kier molecular flexibility index (Phi) is 5.89. The molecule has 120 valence electrons. The Hall–Kier alpha value is -0.990. The van der Waals surface area contributed by atoms with Gasteiger partial charge in [-0.2, -0.15) is 26.3 Å². The van der Waals surface area contributed by atoms with E-state index in [4.69, 9.17) is 5.11 Å². The normalized spacial score (nSPS) is 16.7. The van der Waals surface area contributed by atoms with Crippen molar-refractivity contribution in [2.24, 2.45) is 5.92 Å². The van der Waals surface area contributed by atoms with E-state index in [1.807, 2.05) is 0 Å². The summed E-state index contributed by atoms with van der Waals surface area (Å²) in [4.78, 5) is 11.3. The van der Waals surface area contributed by atoms with E-state index in [1.165, 1.54) is 6.92 Å². The number of hydrogen-bond donors (Lipinski definition) is 1. The Labute approximate surface area is 111 Å². The number of rotatable bonds is 5. The third-order valence-electron chi connectivity index (χ3n) is 2.85. The van der Waals surface area contributed by atoms with Gasteiger partial charge in [0, 0.05) is 6.42 Å². The zero-order valence-electron chi connectivity index (χ0n) is 11.1. The highest BCUT2D eigenvalue weighted by Crippen LogP contribution is 2.46. The van der Waals surface area contributed by atoms with Gasteiger partial charge in [0.1, 0.15) is 6.10 Å². The van der Waals surface area contributed by atoms with Crippen molar-refractivity contribution in [3.63, 3.8) is 0 Å². The Balaban J connectivity index is 5.00. The Bertz CT molecular complexity index is 322. The smallest absolute Gasteiger partial charge is 0.426 e. The minimum absolute atomic E-state index is 0.328. The summed E-state index contributed by atoms with van der Waals surface area (Å²) in [6.45, 7) is 3.90. The highest BCUT2D eigenvalue weighted by atomic mass is 19.4. The highest BCUT2D eigenvalue weighted by Gasteiger charge is 2.70. The molecule has 3 nitrogen and oxygen atoms in total. The second kappa shape index (κ2) is 6.19. The first-order valence-electron chi connectivity index (χ1n) is 5.82. The molecular weight excluding hydrogens is 294 g/mol. The first kappa shape index (κ1) is 19.0. The molecule has 0 bridgehead atoms. The first-order chi connectivity index (χ1) is 8.76. The lowest BCUT2D eigenvalue weighted by atomic mass is 9.95. The molecule has 0 aromatic carbocycles. The maximum atomic E-state index is 12.4. The van der Waals surface area contributed by atoms with Crippen LogP contribution in [0.4, 0.5) is 26.3 Å². The molecule has 9 heteroatoms. The Morgan fingerprint density at radius 1 is 1.10 bits per heavy atom. The van der Waals surface area contributed by atoms with E-state index in [1.54, 1.807) is 6.92 Å². The summed E-state index contributed by atoms with van der Waals surface area (Å²) in [5, 5.41) is 8.92. The highest BCUT2D eigenvalue weighted by molar-refractivity contribution is 5.72. The first-order valence-corrected chi connectivity index (χ1v) is 5.82. The lowest BCUT2D eigenvalue weighted by molar-refractivity contribution is -0.373. The molecule has 0 fully saturated rings. The van der Waals surface area contributed by atoms with Gasteiger partial charge in [0.2, 0.25) is 0 Å². The van der Waals surface area contributed by atoms with Gasteiger partial charge in [-0.25, -0.2) is 0 Å². The zero-order valence-corrected chi connectivity index (χ0v) is 11.1. The number of aliphatic hydroxyl groups is 1. The lowest BCUT2D eigenvalue weighted by Gasteiger charge is -2.34. The van der Waals surface area contributed by atoms with Crippen LogP contribution in [-0.4, -0.2) is 35.1 Å². The molecule has 0 radical (unpaired) electrons. The second-order valence-corrected chi connectivity index (χ2v) is 4.62. The van der Waals surface area contributed by atoms with Crippen LogP contribution in [0.25, 0.3) is 0 Å². The number of carbonyl (C=O) groups excluding carboxylic acids is 1. The zero-order chi connectivity index (χ0) is 16.4. The van der Waals surface area contributed by atoms with Crippen molar-refractivity contribution in [1.29, 1.82) is 0 Å². The molecule has 0 aliphatic rings. The van der Waals surface area contributed by atoms with E-state index in [0.717, 1.165) is 6.92 Å². The molecule has 0 aliphatic heterocycles. The maximum Gasteiger partial charge on any atom is 0.426 e. The summed E-state index contributed by atoms with van der Waals surface area (Å²) >= 11 is 0. The molecule has 0 aromatic rings. The predicted octanol–water partition coefficient (Wildman–Crippen LogP) is 3.21. The Morgan fingerprint density at radius 2 is 1.50 bits per heavy atom. The number of halogens is 6. The fourth-order valence-corrected chi connectivity index (χ4v) is 1.33. The molecule has 0 saturated heterocycles. The van der Waals surface area contributed by atoms with Crippen molar-refractivity contribution in [3.8, 4) is 0 Å². The Morgan fingerprint density at radius 3 is 1.80 bits per heavy atom. The molecule has 1 unspecified atom stereocenters. The van der Waals surface area contributed by atoms with Crippen LogP contribution in [0.1, 0.15) is 33.6 Å². The van der Waals surface area contributed by atoms with Crippen molar-refractivity contribution >= 4 is 5.97 Å². The minimum atomic E-state index is -5.91. The van der Waals surface area contributed by atoms with Gasteiger partial charge in [0.25, 0.3) is 5.60 Å². The van der Waals surface area contributed by atoms with Crippen LogP contribution in [0.15, 0.2) is 0 Å². The van der Waals surface area contributed by atoms with E-state index in [9.17, 15) is 31.1 Å². The standard InChI is InChI=1S/C11H16F6O3/c1-4-6(2)8(18)20-7(3)5-9(19,10(12,13)14)11(15,16)17/h6-7,19H,4-5H2,1-3H3/t6-,7?/m0/s1. The van der Waals surface area contributed by atoms with Gasteiger partial charge >= 0.3 is 18.3 Å². The van der Waals surface area contributed by atoms with Crippen molar-refractivity contribution < 1.29 is 41.0 Å². The average Bonchev–Trinajstić information content (AvgIpc) is 2.24. The van der Waals surface area contributed by atoms with Gasteiger partial charge in [-0.05, 0) is 13.3 Å². The third kappa shape index (κ3) is 4.26. The maximum absolute atomic E-state index is 12.4. The van der Waals surface area contributed by atoms with Crippen molar-refractivity contribution in [3.05, 3.63) is 0 Å². The summed E-state index contributed by atoms with van der Waals surface area (Å²) < 4.78 is 79.0. The third-order valence-corrected chi connectivity index (χ3v) is 2.85. The molecular formula is C11H16F6O3. The summed E-state index contributed by atoms with van der Waals surface area (Å²) in [6, 6.07) is 0. The molecule has 0 saturated carbocycles. The van der Waals surface area contributed by atoms with Crippen molar-refractivity contribution in [1.82, 2.24) is 0 Å². The number of alkyl halides is 6. The summed E-state index contributed by atoms with van der Waals surface area (Å²) in [6.07, 6.45) is -15.0. The molecule has 0 amide bonds. The molecule has 0 spiro atoms. The molecule has 0 rings (SSSR count). The average molecular weight is 310 g/mol. The van der Waals surface area contributed by atoms with Gasteiger partial charge in [-0.15, -0.1) is 0 Å². The molecule has 0 aromatic heterocycles. The van der Waals surface area contributed by atoms with E-state index in [-0.39, 0.29) is 0 Å². The predicted molar refractivity (Wildman–Crippen MR) is 56.7 cm³/mol.